The molecule has 0 saturated heterocycles. The normalized spacial score (nSPS) is 9.30. The van der Waals surface area contributed by atoms with Crippen molar-refractivity contribution in [3.05, 3.63) is 28.3 Å². The number of aromatic nitrogens is 2. The monoisotopic (exact) mass is 143 g/mol. The highest BCUT2D eigenvalue weighted by atomic mass is 17.0. The highest BCUT2D eigenvalue weighted by Crippen LogP contribution is 1.89. The zero-order valence-corrected chi connectivity index (χ0v) is 5.22. The maximum Gasteiger partial charge on any atom is 0.222 e. The number of aryl methyl sites for hydroxylation is 1. The van der Waals surface area contributed by atoms with E-state index in [-0.39, 0.29) is 0 Å². The van der Waals surface area contributed by atoms with Crippen molar-refractivity contribution in [1.82, 2.24) is 9.71 Å². The molecule has 0 aliphatic rings. The lowest BCUT2D eigenvalue weighted by molar-refractivity contribution is -0.749. The first-order valence-electron chi connectivity index (χ1n) is 2.53. The predicted molar refractivity (Wildman–Crippen MR) is 30.5 cm³/mol. The van der Waals surface area contributed by atoms with E-state index in [1.54, 1.807) is 6.92 Å². The van der Waals surface area contributed by atoms with Crippen LogP contribution in [0, 0.1) is 17.0 Å². The second-order valence-corrected chi connectivity index (χ2v) is 1.61. The SMILES string of the molecule is Cc1nccn1O[N+](=O)[O-]. The zero-order chi connectivity index (χ0) is 7.56. The van der Waals surface area contributed by atoms with Gasteiger partial charge in [-0.2, -0.15) is 4.94 Å². The van der Waals surface area contributed by atoms with Gasteiger partial charge in [0.25, 0.3) is 0 Å². The Morgan fingerprint density at radius 3 is 3.00 bits per heavy atom. The Bertz CT molecular complexity index is 244. The summed E-state index contributed by atoms with van der Waals surface area (Å²) in [6, 6.07) is 0. The van der Waals surface area contributed by atoms with Gasteiger partial charge in [0.2, 0.25) is 5.82 Å². The molecule has 1 rings (SSSR count). The number of rotatable bonds is 2. The quantitative estimate of drug-likeness (QED) is 0.425. The van der Waals surface area contributed by atoms with Gasteiger partial charge in [-0.3, -0.25) is 0 Å². The molecule has 0 fully saturated rings. The lowest BCUT2D eigenvalue weighted by atomic mass is 10.7. The van der Waals surface area contributed by atoms with Gasteiger partial charge in [-0.1, -0.05) is 4.73 Å². The molecule has 0 N–H and O–H groups in total. The molecule has 0 spiro atoms. The van der Waals surface area contributed by atoms with Crippen LogP contribution in [0.3, 0.4) is 0 Å². The van der Waals surface area contributed by atoms with E-state index in [1.807, 2.05) is 0 Å². The van der Waals surface area contributed by atoms with E-state index in [0.717, 1.165) is 4.73 Å². The van der Waals surface area contributed by atoms with E-state index in [4.69, 9.17) is 0 Å². The van der Waals surface area contributed by atoms with E-state index >= 15 is 0 Å². The molecule has 54 valence electrons. The van der Waals surface area contributed by atoms with Gasteiger partial charge >= 0.3 is 0 Å². The molecule has 6 nitrogen and oxygen atoms in total. The minimum atomic E-state index is -0.894. The molecule has 0 bridgehead atoms. The van der Waals surface area contributed by atoms with Gasteiger partial charge < -0.3 is 0 Å². The van der Waals surface area contributed by atoms with Crippen molar-refractivity contribution in [3.8, 4) is 0 Å². The molecule has 6 heteroatoms. The van der Waals surface area contributed by atoms with Crippen LogP contribution in [-0.4, -0.2) is 14.8 Å². The minimum Gasteiger partial charge on any atom is -0.218 e. The summed E-state index contributed by atoms with van der Waals surface area (Å²) >= 11 is 0. The molecule has 0 aliphatic heterocycles. The van der Waals surface area contributed by atoms with Crippen LogP contribution >= 0.6 is 0 Å². The Balaban J connectivity index is 2.74. The molecular weight excluding hydrogens is 138 g/mol. The summed E-state index contributed by atoms with van der Waals surface area (Å²) in [7, 11) is 0. The Labute approximate surface area is 56.1 Å². The van der Waals surface area contributed by atoms with Crippen LogP contribution in [-0.2, 0) is 0 Å². The molecule has 1 heterocycles. The van der Waals surface area contributed by atoms with Crippen LogP contribution in [0.25, 0.3) is 0 Å². The van der Waals surface area contributed by atoms with Crippen LogP contribution < -0.4 is 4.94 Å². The molecule has 10 heavy (non-hydrogen) atoms. The van der Waals surface area contributed by atoms with Crippen molar-refractivity contribution in [2.24, 2.45) is 0 Å². The fourth-order valence-corrected chi connectivity index (χ4v) is 0.525. The van der Waals surface area contributed by atoms with Crippen LogP contribution in [0.4, 0.5) is 0 Å². The number of hydrogen-bond donors (Lipinski definition) is 0. The van der Waals surface area contributed by atoms with Crippen LogP contribution in [0.1, 0.15) is 5.82 Å². The highest BCUT2D eigenvalue weighted by Gasteiger charge is 2.01. The van der Waals surface area contributed by atoms with Gasteiger partial charge in [-0.25, -0.2) is 15.1 Å². The first-order valence-corrected chi connectivity index (χ1v) is 2.53. The molecule has 1 aromatic heterocycles. The standard InChI is InChI=1S/C4H5N3O3/c1-4-5-2-3-6(4)10-7(8)9/h2-3H,1H3. The fraction of sp³-hybridized carbons (Fsp3) is 0.250. The smallest absolute Gasteiger partial charge is 0.218 e. The van der Waals surface area contributed by atoms with Crippen molar-refractivity contribution in [2.75, 3.05) is 0 Å². The fourth-order valence-electron chi connectivity index (χ4n) is 0.525. The molecule has 0 aromatic carbocycles. The Hall–Kier alpha value is -1.59. The van der Waals surface area contributed by atoms with Crippen molar-refractivity contribution in [1.29, 1.82) is 0 Å². The van der Waals surface area contributed by atoms with E-state index < -0.39 is 5.09 Å². The number of nitrogens with zero attached hydrogens (tertiary/aromatic N) is 3. The van der Waals surface area contributed by atoms with Gasteiger partial charge in [0, 0.05) is 6.92 Å². The molecule has 0 unspecified atom stereocenters. The topological polar surface area (TPSA) is 70.2 Å². The molecule has 0 atom stereocenters. The second-order valence-electron chi connectivity index (χ2n) is 1.61. The third-order valence-electron chi connectivity index (χ3n) is 0.937. The van der Waals surface area contributed by atoms with E-state index in [1.165, 1.54) is 12.4 Å². The lowest BCUT2D eigenvalue weighted by Crippen LogP contribution is -2.18. The average molecular weight is 143 g/mol. The number of imidazole rings is 1. The van der Waals surface area contributed by atoms with E-state index in [2.05, 4.69) is 9.92 Å². The summed E-state index contributed by atoms with van der Waals surface area (Å²) in [6.45, 7) is 1.60. The predicted octanol–water partition coefficient (Wildman–Crippen LogP) is -0.188. The summed E-state index contributed by atoms with van der Waals surface area (Å²) in [5.74, 6) is 0.441. The van der Waals surface area contributed by atoms with Gasteiger partial charge in [-0.05, 0) is 0 Å². The summed E-state index contributed by atoms with van der Waals surface area (Å²) in [5, 5.41) is 8.86. The largest absolute Gasteiger partial charge is 0.222 e. The number of hydrogen-bond acceptors (Lipinski definition) is 4. The third-order valence-corrected chi connectivity index (χ3v) is 0.937. The van der Waals surface area contributed by atoms with E-state index in [0.29, 0.717) is 5.82 Å². The third kappa shape index (κ3) is 1.22. The first-order chi connectivity index (χ1) is 4.70. The van der Waals surface area contributed by atoms with Crippen LogP contribution in [0.5, 0.6) is 0 Å². The van der Waals surface area contributed by atoms with Crippen molar-refractivity contribution in [2.45, 2.75) is 6.92 Å². The van der Waals surface area contributed by atoms with Crippen molar-refractivity contribution >= 4 is 0 Å². The summed E-state index contributed by atoms with van der Waals surface area (Å²) < 4.78 is 0.972. The van der Waals surface area contributed by atoms with Gasteiger partial charge in [0.05, 0.1) is 6.20 Å². The summed E-state index contributed by atoms with van der Waals surface area (Å²) in [6.07, 6.45) is 2.77. The summed E-state index contributed by atoms with van der Waals surface area (Å²) in [5.41, 5.74) is 0. The van der Waals surface area contributed by atoms with Crippen LogP contribution in [0.15, 0.2) is 12.4 Å². The van der Waals surface area contributed by atoms with Gasteiger partial charge in [-0.15, -0.1) is 0 Å². The maximum absolute atomic E-state index is 9.75. The molecule has 0 radical (unpaired) electrons. The maximum atomic E-state index is 9.75. The van der Waals surface area contributed by atoms with Crippen LogP contribution in [0.2, 0.25) is 0 Å². The van der Waals surface area contributed by atoms with Crippen molar-refractivity contribution < 1.29 is 10.0 Å². The average Bonchev–Trinajstić information content (AvgIpc) is 2.15. The van der Waals surface area contributed by atoms with Crippen molar-refractivity contribution in [3.63, 3.8) is 0 Å². The van der Waals surface area contributed by atoms with E-state index in [9.17, 15) is 10.1 Å². The molecule has 1 aromatic rings. The molecular formula is C4H5N3O3. The molecule has 0 aliphatic carbocycles. The molecule has 0 saturated carbocycles. The van der Waals surface area contributed by atoms with Gasteiger partial charge in [0.1, 0.15) is 6.20 Å². The Morgan fingerprint density at radius 2 is 2.60 bits per heavy atom. The second kappa shape index (κ2) is 2.34. The lowest BCUT2D eigenvalue weighted by Gasteiger charge is -1.95. The summed E-state index contributed by atoms with van der Waals surface area (Å²) in [4.78, 5) is 17.5. The highest BCUT2D eigenvalue weighted by molar-refractivity contribution is 4.84. The molecule has 0 amide bonds. The zero-order valence-electron chi connectivity index (χ0n) is 5.22. The van der Waals surface area contributed by atoms with Gasteiger partial charge in [0.15, 0.2) is 5.09 Å². The Morgan fingerprint density at radius 1 is 1.90 bits per heavy atom. The first kappa shape index (κ1) is 6.53. The Kier molecular flexibility index (Phi) is 1.53. The minimum absolute atomic E-state index is 0.441.